The molecule has 2 aromatic rings. The van der Waals surface area contributed by atoms with Crippen molar-refractivity contribution in [3.05, 3.63) is 48.7 Å². The van der Waals surface area contributed by atoms with Gasteiger partial charge in [0.25, 0.3) is 0 Å². The first-order valence-electron chi connectivity index (χ1n) is 12.0. The molecule has 32 heavy (non-hydrogen) atoms. The standard InChI is InChI=1S/C26H36N2O3Si/c1-6-18-17-28-15-13-20(18)25(29)24(28)26(31-32(7-2,8-3)9-4)21-12-14-27-23-11-10-19(30-5)16-22(21)23/h6,10-12,14,16,18,20,24,26H,1,7-9,13,15,17H2,2-5H3/t18-,20+,24-,26+/m0/s1. The van der Waals surface area contributed by atoms with Crippen LogP contribution in [0.2, 0.25) is 18.1 Å². The SMILES string of the molecule is C=C[C@H]1CN2CC[C@H]1C(=O)[C@H]2[C@H](O[Si](CC)(CC)CC)c1ccnc2ccc(OC)cc12. The fourth-order valence-electron chi connectivity index (χ4n) is 5.68. The first-order valence-corrected chi connectivity index (χ1v) is 14.5. The minimum Gasteiger partial charge on any atom is -0.497 e. The number of carbonyl (C=O) groups is 1. The maximum Gasteiger partial charge on any atom is 0.193 e. The van der Waals surface area contributed by atoms with Crippen LogP contribution in [0.15, 0.2) is 43.1 Å². The Balaban J connectivity index is 1.85. The van der Waals surface area contributed by atoms with Crippen molar-refractivity contribution in [2.24, 2.45) is 11.8 Å². The van der Waals surface area contributed by atoms with E-state index < -0.39 is 8.32 Å². The molecule has 0 saturated carbocycles. The van der Waals surface area contributed by atoms with E-state index in [1.807, 2.05) is 36.5 Å². The van der Waals surface area contributed by atoms with Crippen molar-refractivity contribution >= 4 is 25.0 Å². The van der Waals surface area contributed by atoms with E-state index in [0.29, 0.717) is 5.78 Å². The molecule has 0 radical (unpaired) electrons. The van der Waals surface area contributed by atoms with Crippen molar-refractivity contribution in [2.75, 3.05) is 20.2 Å². The number of ether oxygens (including phenoxy) is 1. The summed E-state index contributed by atoms with van der Waals surface area (Å²) in [7, 11) is -0.310. The molecule has 3 saturated heterocycles. The number of carbonyl (C=O) groups excluding carboxylic acids is 1. The van der Waals surface area contributed by atoms with Crippen LogP contribution in [0.1, 0.15) is 38.9 Å². The first kappa shape index (κ1) is 23.1. The molecule has 3 fully saturated rings. The number of ketones is 1. The van der Waals surface area contributed by atoms with Crippen molar-refractivity contribution in [2.45, 2.75) is 57.5 Å². The average molecular weight is 453 g/mol. The van der Waals surface area contributed by atoms with Crippen LogP contribution in [0.5, 0.6) is 5.75 Å². The number of methoxy groups -OCH3 is 1. The summed E-state index contributed by atoms with van der Waals surface area (Å²) in [5, 5.41) is 1.01. The van der Waals surface area contributed by atoms with Crippen molar-refractivity contribution in [3.8, 4) is 5.75 Å². The Morgan fingerprint density at radius 2 is 2.00 bits per heavy atom. The van der Waals surface area contributed by atoms with Gasteiger partial charge in [0.15, 0.2) is 14.1 Å². The van der Waals surface area contributed by atoms with Crippen LogP contribution in [0.4, 0.5) is 0 Å². The molecule has 6 heteroatoms. The minimum absolute atomic E-state index is 0.0529. The van der Waals surface area contributed by atoms with Crippen molar-refractivity contribution in [1.82, 2.24) is 9.88 Å². The van der Waals surface area contributed by atoms with Crippen LogP contribution in [0, 0.1) is 11.8 Å². The van der Waals surface area contributed by atoms with Gasteiger partial charge in [-0.2, -0.15) is 0 Å². The normalized spacial score (nSPS) is 26.3. The van der Waals surface area contributed by atoms with Crippen LogP contribution in [-0.2, 0) is 9.22 Å². The van der Waals surface area contributed by atoms with E-state index >= 15 is 0 Å². The van der Waals surface area contributed by atoms with Gasteiger partial charge in [0.1, 0.15) is 5.75 Å². The van der Waals surface area contributed by atoms with Crippen molar-refractivity contribution in [3.63, 3.8) is 0 Å². The summed E-state index contributed by atoms with van der Waals surface area (Å²) in [6.07, 6.45) is 4.44. The highest BCUT2D eigenvalue weighted by atomic mass is 28.4. The Morgan fingerprint density at radius 1 is 1.25 bits per heavy atom. The van der Waals surface area contributed by atoms with E-state index in [1.54, 1.807) is 7.11 Å². The summed E-state index contributed by atoms with van der Waals surface area (Å²) in [5.41, 5.74) is 1.96. The molecule has 1 aromatic carbocycles. The van der Waals surface area contributed by atoms with E-state index in [4.69, 9.17) is 9.16 Å². The third kappa shape index (κ3) is 3.93. The van der Waals surface area contributed by atoms with Gasteiger partial charge in [0.05, 0.1) is 24.8 Å². The Kier molecular flexibility index (Phi) is 6.84. The predicted molar refractivity (Wildman–Crippen MR) is 131 cm³/mol. The molecule has 5 nitrogen and oxygen atoms in total. The summed E-state index contributed by atoms with van der Waals surface area (Å²) < 4.78 is 12.7. The number of benzene rings is 1. The number of piperidine rings is 3. The molecule has 1 aromatic heterocycles. The van der Waals surface area contributed by atoms with Gasteiger partial charge in [-0.1, -0.05) is 26.8 Å². The Bertz CT molecular complexity index is 982. The molecular formula is C26H36N2O3Si. The third-order valence-corrected chi connectivity index (χ3v) is 12.5. The lowest BCUT2D eigenvalue weighted by Gasteiger charge is -2.51. The summed E-state index contributed by atoms with van der Waals surface area (Å²) in [6.45, 7) is 12.6. The fourth-order valence-corrected chi connectivity index (χ4v) is 8.48. The molecule has 0 spiro atoms. The van der Waals surface area contributed by atoms with Crippen LogP contribution >= 0.6 is 0 Å². The van der Waals surface area contributed by atoms with Crippen LogP contribution in [0.3, 0.4) is 0 Å². The number of pyridine rings is 1. The molecule has 4 heterocycles. The molecule has 1 unspecified atom stereocenters. The summed E-state index contributed by atoms with van der Waals surface area (Å²) >= 11 is 0. The van der Waals surface area contributed by atoms with Crippen molar-refractivity contribution in [1.29, 1.82) is 0 Å². The van der Waals surface area contributed by atoms with Crippen LogP contribution in [-0.4, -0.2) is 50.2 Å². The van der Waals surface area contributed by atoms with E-state index in [1.165, 1.54) is 0 Å². The maximum atomic E-state index is 13.8. The highest BCUT2D eigenvalue weighted by molar-refractivity contribution is 6.73. The topological polar surface area (TPSA) is 51.7 Å². The minimum atomic E-state index is -1.99. The number of fused-ring (bicyclic) bond motifs is 4. The number of nitrogens with zero attached hydrogens (tertiary/aromatic N) is 2. The van der Waals surface area contributed by atoms with Crippen LogP contribution in [0.25, 0.3) is 10.9 Å². The second kappa shape index (κ2) is 9.46. The highest BCUT2D eigenvalue weighted by Crippen LogP contribution is 2.44. The summed E-state index contributed by atoms with van der Waals surface area (Å²) in [6, 6.07) is 10.9. The van der Waals surface area contributed by atoms with Gasteiger partial charge in [0.2, 0.25) is 0 Å². The fraction of sp³-hybridized carbons (Fsp3) is 0.538. The molecule has 3 aliphatic heterocycles. The van der Waals surface area contributed by atoms with E-state index in [0.717, 1.165) is 59.9 Å². The zero-order valence-corrected chi connectivity index (χ0v) is 20.8. The largest absolute Gasteiger partial charge is 0.497 e. The number of aromatic nitrogens is 1. The Labute approximate surface area is 192 Å². The molecule has 5 atom stereocenters. The zero-order chi connectivity index (χ0) is 22.9. The predicted octanol–water partition coefficient (Wildman–Crippen LogP) is 5.38. The molecule has 0 N–H and O–H groups in total. The van der Waals surface area contributed by atoms with E-state index in [-0.39, 0.29) is 24.0 Å². The molecule has 172 valence electrons. The zero-order valence-electron chi connectivity index (χ0n) is 19.8. The highest BCUT2D eigenvalue weighted by Gasteiger charge is 2.51. The Morgan fingerprint density at radius 3 is 2.62 bits per heavy atom. The Hall–Kier alpha value is -2.02. The molecule has 3 aliphatic rings. The summed E-state index contributed by atoms with van der Waals surface area (Å²) in [4.78, 5) is 20.7. The lowest BCUT2D eigenvalue weighted by molar-refractivity contribution is -0.145. The molecule has 0 aliphatic carbocycles. The molecule has 5 rings (SSSR count). The smallest absolute Gasteiger partial charge is 0.193 e. The lowest BCUT2D eigenvalue weighted by atomic mass is 9.72. The third-order valence-electron chi connectivity index (χ3n) is 7.93. The van der Waals surface area contributed by atoms with E-state index in [2.05, 4.69) is 37.2 Å². The second-order valence-corrected chi connectivity index (χ2v) is 13.9. The number of hydrogen-bond donors (Lipinski definition) is 0. The van der Waals surface area contributed by atoms with Gasteiger partial charge < -0.3 is 9.16 Å². The molecule has 2 bridgehead atoms. The van der Waals surface area contributed by atoms with Gasteiger partial charge in [-0.15, -0.1) is 6.58 Å². The van der Waals surface area contributed by atoms with Gasteiger partial charge in [-0.3, -0.25) is 14.7 Å². The van der Waals surface area contributed by atoms with Gasteiger partial charge in [-0.25, -0.2) is 0 Å². The molecule has 0 amide bonds. The quantitative estimate of drug-likeness (QED) is 0.378. The van der Waals surface area contributed by atoms with Gasteiger partial charge in [0, 0.05) is 24.0 Å². The lowest BCUT2D eigenvalue weighted by Crippen LogP contribution is -2.62. The summed E-state index contributed by atoms with van der Waals surface area (Å²) in [5.74, 6) is 1.40. The number of Topliss-reactive ketones (excluding diaryl/α,β-unsaturated/α-hetero) is 1. The second-order valence-electron chi connectivity index (χ2n) is 9.20. The number of rotatable bonds is 9. The van der Waals surface area contributed by atoms with Crippen LogP contribution < -0.4 is 4.74 Å². The van der Waals surface area contributed by atoms with Gasteiger partial charge in [-0.05, 0) is 66.8 Å². The maximum absolute atomic E-state index is 13.8. The monoisotopic (exact) mass is 452 g/mol. The first-order chi connectivity index (χ1) is 15.5. The average Bonchev–Trinajstić information content (AvgIpc) is 2.85. The van der Waals surface area contributed by atoms with E-state index in [9.17, 15) is 4.79 Å². The number of hydrogen-bond acceptors (Lipinski definition) is 5. The van der Waals surface area contributed by atoms with Gasteiger partial charge >= 0.3 is 0 Å². The van der Waals surface area contributed by atoms with Crippen molar-refractivity contribution < 1.29 is 14.0 Å². The molecular weight excluding hydrogens is 416 g/mol.